The maximum atomic E-state index is 4.00. The van der Waals surface area contributed by atoms with Gasteiger partial charge in [-0.2, -0.15) is 0 Å². The zero-order valence-electron chi connectivity index (χ0n) is 23.1. The summed E-state index contributed by atoms with van der Waals surface area (Å²) in [4.78, 5) is 0. The molecule has 4 N–H and O–H groups in total. The Balaban J connectivity index is 0.00000141. The quantitative estimate of drug-likeness (QED) is 0.0977. The van der Waals surface area contributed by atoms with Gasteiger partial charge in [-0.1, -0.05) is 133 Å². The van der Waals surface area contributed by atoms with Gasteiger partial charge in [0.2, 0.25) is 0 Å². The Bertz CT molecular complexity index is 2160. The molecule has 0 aliphatic heterocycles. The minimum absolute atomic E-state index is 0.0843. The summed E-state index contributed by atoms with van der Waals surface area (Å²) in [6.07, 6.45) is 0. The molecular weight excluding hydrogens is 529 g/mol. The first-order valence-corrected chi connectivity index (χ1v) is 15.0. The standard InChI is InChI=1S/C39H26S.H4N2/c1-2-11-26(12-3-1)27-21-23-28(24-22-27)38(34-18-10-20-37-39(34)33-17-8-9-19-36(33)40-37)35-25-29-13-4-5-14-30(29)31-15-6-7-16-32(31)35;1-2/h1-25,38H;1-2H2. The molecule has 0 amide bonds. The predicted octanol–water partition coefficient (Wildman–Crippen LogP) is 10.0. The van der Waals surface area contributed by atoms with Crippen molar-refractivity contribution in [2.45, 2.75) is 5.92 Å². The Hall–Kier alpha value is -4.80. The second-order valence-electron chi connectivity index (χ2n) is 10.5. The van der Waals surface area contributed by atoms with Crippen LogP contribution in [0, 0.1) is 0 Å². The molecule has 8 aromatic rings. The van der Waals surface area contributed by atoms with Gasteiger partial charge in [0.25, 0.3) is 0 Å². The van der Waals surface area contributed by atoms with Crippen molar-refractivity contribution >= 4 is 53.1 Å². The van der Waals surface area contributed by atoms with Gasteiger partial charge in [-0.05, 0) is 67.6 Å². The molecule has 7 aromatic carbocycles. The molecule has 202 valence electrons. The number of hydrazine groups is 1. The minimum atomic E-state index is 0.0843. The van der Waals surface area contributed by atoms with Crippen molar-refractivity contribution in [2.24, 2.45) is 11.7 Å². The molecule has 1 aromatic heterocycles. The van der Waals surface area contributed by atoms with Gasteiger partial charge in [-0.3, -0.25) is 11.7 Å². The van der Waals surface area contributed by atoms with Crippen LogP contribution in [0.1, 0.15) is 22.6 Å². The molecule has 0 spiro atoms. The summed E-state index contributed by atoms with van der Waals surface area (Å²) in [6, 6.07) is 55.7. The summed E-state index contributed by atoms with van der Waals surface area (Å²) < 4.78 is 2.68. The van der Waals surface area contributed by atoms with Crippen LogP contribution in [0.25, 0.3) is 52.8 Å². The topological polar surface area (TPSA) is 52.0 Å². The highest BCUT2D eigenvalue weighted by Crippen LogP contribution is 2.45. The van der Waals surface area contributed by atoms with E-state index in [0.29, 0.717) is 0 Å². The Labute approximate surface area is 249 Å². The molecule has 0 aliphatic rings. The molecule has 2 nitrogen and oxygen atoms in total. The van der Waals surface area contributed by atoms with Crippen LogP contribution in [-0.2, 0) is 0 Å². The van der Waals surface area contributed by atoms with E-state index in [1.807, 2.05) is 11.3 Å². The number of fused-ring (bicyclic) bond motifs is 6. The fourth-order valence-electron chi connectivity index (χ4n) is 6.39. The molecule has 0 bridgehead atoms. The van der Waals surface area contributed by atoms with E-state index in [-0.39, 0.29) is 5.92 Å². The van der Waals surface area contributed by atoms with Gasteiger partial charge >= 0.3 is 0 Å². The number of benzene rings is 7. The SMILES string of the molecule is NN.c1ccc(-c2ccc(C(c3cc4ccccc4c4ccccc34)c3cccc4sc5ccccc5c34)cc2)cc1. The second-order valence-corrected chi connectivity index (χ2v) is 11.6. The zero-order chi connectivity index (χ0) is 28.5. The first kappa shape index (κ1) is 26.1. The lowest BCUT2D eigenvalue weighted by Gasteiger charge is -2.23. The predicted molar refractivity (Wildman–Crippen MR) is 182 cm³/mol. The maximum absolute atomic E-state index is 4.00. The van der Waals surface area contributed by atoms with Gasteiger partial charge in [-0.25, -0.2) is 0 Å². The summed E-state index contributed by atoms with van der Waals surface area (Å²) in [7, 11) is 0. The Morgan fingerprint density at radius 1 is 0.429 bits per heavy atom. The highest BCUT2D eigenvalue weighted by atomic mass is 32.1. The van der Waals surface area contributed by atoms with Crippen molar-refractivity contribution in [3.8, 4) is 11.1 Å². The summed E-state index contributed by atoms with van der Waals surface area (Å²) >= 11 is 1.89. The van der Waals surface area contributed by atoms with Crippen molar-refractivity contribution in [3.63, 3.8) is 0 Å². The first-order chi connectivity index (χ1) is 20.8. The lowest BCUT2D eigenvalue weighted by molar-refractivity contribution is 1.01. The average Bonchev–Trinajstić information content (AvgIpc) is 3.46. The van der Waals surface area contributed by atoms with E-state index >= 15 is 0 Å². The zero-order valence-corrected chi connectivity index (χ0v) is 23.9. The number of hydrogen-bond donors (Lipinski definition) is 2. The Morgan fingerprint density at radius 3 is 1.81 bits per heavy atom. The molecule has 42 heavy (non-hydrogen) atoms. The van der Waals surface area contributed by atoms with Crippen LogP contribution in [0.4, 0.5) is 0 Å². The summed E-state index contributed by atoms with van der Waals surface area (Å²) in [5.41, 5.74) is 6.51. The van der Waals surface area contributed by atoms with Crippen LogP contribution >= 0.6 is 11.3 Å². The van der Waals surface area contributed by atoms with Crippen LogP contribution in [0.2, 0.25) is 0 Å². The first-order valence-electron chi connectivity index (χ1n) is 14.1. The third-order valence-electron chi connectivity index (χ3n) is 8.21. The van der Waals surface area contributed by atoms with E-state index < -0.39 is 0 Å². The molecule has 1 heterocycles. The Morgan fingerprint density at radius 2 is 1.02 bits per heavy atom. The molecular formula is C39H30N2S. The molecule has 8 rings (SSSR count). The number of hydrogen-bond acceptors (Lipinski definition) is 3. The van der Waals surface area contributed by atoms with Crippen LogP contribution in [0.5, 0.6) is 0 Å². The van der Waals surface area contributed by atoms with Crippen molar-refractivity contribution in [2.75, 3.05) is 0 Å². The van der Waals surface area contributed by atoms with Crippen molar-refractivity contribution in [3.05, 3.63) is 168 Å². The van der Waals surface area contributed by atoms with Gasteiger partial charge in [0, 0.05) is 26.1 Å². The van der Waals surface area contributed by atoms with Crippen molar-refractivity contribution in [1.82, 2.24) is 0 Å². The maximum Gasteiger partial charge on any atom is 0.0358 e. The fraction of sp³-hybridized carbons (Fsp3) is 0.0256. The van der Waals surface area contributed by atoms with Crippen molar-refractivity contribution in [1.29, 1.82) is 0 Å². The normalized spacial score (nSPS) is 12.0. The fourth-order valence-corrected chi connectivity index (χ4v) is 7.53. The number of thiophene rings is 1. The van der Waals surface area contributed by atoms with Crippen LogP contribution in [-0.4, -0.2) is 0 Å². The van der Waals surface area contributed by atoms with E-state index in [1.165, 1.54) is 69.5 Å². The van der Waals surface area contributed by atoms with Gasteiger partial charge < -0.3 is 0 Å². The van der Waals surface area contributed by atoms with Crippen LogP contribution < -0.4 is 11.7 Å². The smallest absolute Gasteiger partial charge is 0.0358 e. The molecule has 0 saturated carbocycles. The van der Waals surface area contributed by atoms with E-state index in [0.717, 1.165) is 0 Å². The number of nitrogens with two attached hydrogens (primary N) is 2. The van der Waals surface area contributed by atoms with E-state index in [2.05, 4.69) is 163 Å². The van der Waals surface area contributed by atoms with E-state index in [9.17, 15) is 0 Å². The lowest BCUT2D eigenvalue weighted by atomic mass is 9.79. The molecule has 1 atom stereocenters. The van der Waals surface area contributed by atoms with Gasteiger partial charge in [0.05, 0.1) is 0 Å². The molecule has 0 fully saturated rings. The summed E-state index contributed by atoms with van der Waals surface area (Å²) in [6.45, 7) is 0. The van der Waals surface area contributed by atoms with Crippen LogP contribution in [0.3, 0.4) is 0 Å². The number of rotatable bonds is 4. The van der Waals surface area contributed by atoms with Crippen molar-refractivity contribution < 1.29 is 0 Å². The highest BCUT2D eigenvalue weighted by molar-refractivity contribution is 7.25. The van der Waals surface area contributed by atoms with Gasteiger partial charge in [0.1, 0.15) is 0 Å². The monoisotopic (exact) mass is 558 g/mol. The largest absolute Gasteiger partial charge is 0.274 e. The Kier molecular flexibility index (Phi) is 6.98. The average molecular weight is 559 g/mol. The summed E-state index contributed by atoms with van der Waals surface area (Å²) in [5.74, 6) is 8.08. The third-order valence-corrected chi connectivity index (χ3v) is 9.34. The van der Waals surface area contributed by atoms with Gasteiger partial charge in [0.15, 0.2) is 0 Å². The summed E-state index contributed by atoms with van der Waals surface area (Å²) in [5, 5.41) is 7.92. The molecule has 1 unspecified atom stereocenters. The molecule has 0 aliphatic carbocycles. The molecule has 0 radical (unpaired) electrons. The molecule has 0 saturated heterocycles. The van der Waals surface area contributed by atoms with Gasteiger partial charge in [-0.15, -0.1) is 11.3 Å². The van der Waals surface area contributed by atoms with E-state index in [4.69, 9.17) is 0 Å². The van der Waals surface area contributed by atoms with E-state index in [1.54, 1.807) is 0 Å². The van der Waals surface area contributed by atoms with Crippen LogP contribution in [0.15, 0.2) is 152 Å². The minimum Gasteiger partial charge on any atom is -0.274 e. The second kappa shape index (κ2) is 11.2. The lowest BCUT2D eigenvalue weighted by Crippen LogP contribution is -2.05. The molecule has 3 heteroatoms. The highest BCUT2D eigenvalue weighted by Gasteiger charge is 2.24. The third kappa shape index (κ3) is 4.45.